The molecule has 0 aliphatic carbocycles. The van der Waals surface area contributed by atoms with Crippen molar-refractivity contribution in [2.75, 3.05) is 12.4 Å². The van der Waals surface area contributed by atoms with Gasteiger partial charge in [-0.25, -0.2) is 9.78 Å². The van der Waals surface area contributed by atoms with E-state index in [4.69, 9.17) is 0 Å². The fourth-order valence-corrected chi connectivity index (χ4v) is 2.50. The van der Waals surface area contributed by atoms with E-state index in [2.05, 4.69) is 10.3 Å². The number of urea groups is 1. The van der Waals surface area contributed by atoms with Crippen molar-refractivity contribution < 1.29 is 9.72 Å². The van der Waals surface area contributed by atoms with Crippen LogP contribution in [0.15, 0.2) is 23.6 Å². The van der Waals surface area contributed by atoms with Crippen molar-refractivity contribution in [2.24, 2.45) is 0 Å². The molecule has 0 saturated carbocycles. The highest BCUT2D eigenvalue weighted by atomic mass is 32.1. The second-order valence-corrected chi connectivity index (χ2v) is 5.96. The highest BCUT2D eigenvalue weighted by Gasteiger charge is 2.15. The second-order valence-electron chi connectivity index (χ2n) is 4.90. The average Bonchev–Trinajstić information content (AvgIpc) is 2.85. The molecule has 7 nitrogen and oxygen atoms in total. The lowest BCUT2D eigenvalue weighted by atomic mass is 10.2. The molecule has 1 aromatic carbocycles. The summed E-state index contributed by atoms with van der Waals surface area (Å²) < 4.78 is 0. The minimum Gasteiger partial charge on any atom is -0.322 e. The molecule has 22 heavy (non-hydrogen) atoms. The molecule has 0 unspecified atom stereocenters. The molecule has 0 bridgehead atoms. The number of benzene rings is 1. The smallest absolute Gasteiger partial charge is 0.321 e. The molecule has 2 amide bonds. The molecule has 0 aliphatic heterocycles. The maximum atomic E-state index is 12.1. The zero-order valence-electron chi connectivity index (χ0n) is 12.5. The minimum atomic E-state index is -0.466. The van der Waals surface area contributed by atoms with Crippen LogP contribution in [0.3, 0.4) is 0 Å². The maximum absolute atomic E-state index is 12.1. The first kappa shape index (κ1) is 15.9. The zero-order valence-corrected chi connectivity index (χ0v) is 13.3. The summed E-state index contributed by atoms with van der Waals surface area (Å²) in [5.41, 5.74) is 1.74. The van der Waals surface area contributed by atoms with Gasteiger partial charge in [-0.1, -0.05) is 6.07 Å². The van der Waals surface area contributed by atoms with Crippen LogP contribution in [0.5, 0.6) is 0 Å². The third-order valence-corrected chi connectivity index (χ3v) is 3.89. The summed E-state index contributed by atoms with van der Waals surface area (Å²) in [6.45, 7) is 3.93. The summed E-state index contributed by atoms with van der Waals surface area (Å²) in [5, 5.41) is 16.4. The van der Waals surface area contributed by atoms with E-state index in [9.17, 15) is 14.9 Å². The van der Waals surface area contributed by atoms with Gasteiger partial charge in [0.05, 0.1) is 22.2 Å². The Bertz CT molecular complexity index is 714. The van der Waals surface area contributed by atoms with Gasteiger partial charge in [-0.3, -0.25) is 10.1 Å². The van der Waals surface area contributed by atoms with Gasteiger partial charge in [-0.05, 0) is 19.9 Å². The molecule has 0 fully saturated rings. The summed E-state index contributed by atoms with van der Waals surface area (Å²) in [6.07, 6.45) is 0. The second kappa shape index (κ2) is 6.52. The summed E-state index contributed by atoms with van der Waals surface area (Å²) in [7, 11) is 1.65. The number of anilines is 1. The van der Waals surface area contributed by atoms with Gasteiger partial charge in [-0.2, -0.15) is 0 Å². The Hall–Kier alpha value is -2.48. The van der Waals surface area contributed by atoms with Crippen molar-refractivity contribution in [3.05, 3.63) is 50.0 Å². The van der Waals surface area contributed by atoms with Crippen molar-refractivity contribution in [2.45, 2.75) is 20.4 Å². The lowest BCUT2D eigenvalue weighted by Gasteiger charge is -2.17. The number of hydrogen-bond donors (Lipinski definition) is 1. The van der Waals surface area contributed by atoms with E-state index in [0.29, 0.717) is 17.8 Å². The Morgan fingerprint density at radius 1 is 1.45 bits per heavy atom. The number of amides is 2. The Morgan fingerprint density at radius 3 is 2.77 bits per heavy atom. The Morgan fingerprint density at radius 2 is 2.18 bits per heavy atom. The largest absolute Gasteiger partial charge is 0.322 e. The van der Waals surface area contributed by atoms with E-state index < -0.39 is 4.92 Å². The van der Waals surface area contributed by atoms with E-state index in [1.54, 1.807) is 26.1 Å². The number of aryl methyl sites for hydroxylation is 2. The first-order valence-corrected chi connectivity index (χ1v) is 7.43. The van der Waals surface area contributed by atoms with Crippen LogP contribution in [0.1, 0.15) is 16.3 Å². The summed E-state index contributed by atoms with van der Waals surface area (Å²) in [6, 6.07) is 4.26. The normalized spacial score (nSPS) is 10.3. The van der Waals surface area contributed by atoms with E-state index >= 15 is 0 Å². The van der Waals surface area contributed by atoms with E-state index in [0.717, 1.165) is 10.7 Å². The molecule has 1 heterocycles. The fourth-order valence-electron chi connectivity index (χ4n) is 1.90. The number of aromatic nitrogens is 1. The number of carbonyl (C=O) groups is 1. The molecular weight excluding hydrogens is 304 g/mol. The molecule has 0 radical (unpaired) electrons. The van der Waals surface area contributed by atoms with Crippen LogP contribution in [0.25, 0.3) is 0 Å². The predicted octanol–water partition coefficient (Wildman–Crippen LogP) is 3.33. The van der Waals surface area contributed by atoms with E-state index in [1.165, 1.54) is 22.3 Å². The van der Waals surface area contributed by atoms with Gasteiger partial charge in [0, 0.05) is 29.7 Å². The minimum absolute atomic E-state index is 0.0180. The molecular formula is C14H16N4O3S. The van der Waals surface area contributed by atoms with Crippen LogP contribution in [0.2, 0.25) is 0 Å². The number of rotatable bonds is 4. The molecule has 0 aliphatic rings. The molecule has 2 aromatic rings. The first-order valence-electron chi connectivity index (χ1n) is 6.55. The number of nitro groups is 1. The Labute approximate surface area is 131 Å². The fraction of sp³-hybridized carbons (Fsp3) is 0.286. The van der Waals surface area contributed by atoms with Gasteiger partial charge >= 0.3 is 6.03 Å². The van der Waals surface area contributed by atoms with Gasteiger partial charge in [0.15, 0.2) is 0 Å². The maximum Gasteiger partial charge on any atom is 0.321 e. The van der Waals surface area contributed by atoms with Crippen LogP contribution < -0.4 is 5.32 Å². The van der Waals surface area contributed by atoms with Crippen LogP contribution >= 0.6 is 11.3 Å². The number of nitrogens with zero attached hydrogens (tertiary/aromatic N) is 3. The lowest BCUT2D eigenvalue weighted by Crippen LogP contribution is -2.31. The van der Waals surface area contributed by atoms with Crippen molar-refractivity contribution in [1.82, 2.24) is 9.88 Å². The molecule has 1 N–H and O–H groups in total. The standard InChI is InChI=1S/C14H16N4O3S/c1-9-4-5-11(6-13(9)18(20)21)16-14(19)17(3)7-12-8-22-10(2)15-12/h4-6,8H,7H2,1-3H3,(H,16,19). The molecule has 116 valence electrons. The highest BCUT2D eigenvalue weighted by molar-refractivity contribution is 7.09. The molecule has 8 heteroatoms. The van der Waals surface area contributed by atoms with Gasteiger partial charge in [-0.15, -0.1) is 11.3 Å². The Kier molecular flexibility index (Phi) is 4.71. The van der Waals surface area contributed by atoms with E-state index in [1.807, 2.05) is 12.3 Å². The summed E-state index contributed by atoms with van der Waals surface area (Å²) >= 11 is 1.52. The highest BCUT2D eigenvalue weighted by Crippen LogP contribution is 2.22. The summed E-state index contributed by atoms with van der Waals surface area (Å²) in [5.74, 6) is 0. The number of nitrogens with one attached hydrogen (secondary N) is 1. The van der Waals surface area contributed by atoms with E-state index in [-0.39, 0.29) is 11.7 Å². The van der Waals surface area contributed by atoms with Crippen molar-refractivity contribution >= 4 is 28.7 Å². The predicted molar refractivity (Wildman–Crippen MR) is 85.2 cm³/mol. The first-order chi connectivity index (χ1) is 10.4. The topological polar surface area (TPSA) is 88.4 Å². The number of carbonyl (C=O) groups excluding carboxylic acids is 1. The SMILES string of the molecule is Cc1nc(CN(C)C(=O)Nc2ccc(C)c([N+](=O)[O-])c2)cs1. The van der Waals surface area contributed by atoms with Gasteiger partial charge < -0.3 is 10.2 Å². The quantitative estimate of drug-likeness (QED) is 0.691. The molecule has 0 atom stereocenters. The molecule has 2 rings (SSSR count). The molecule has 0 spiro atoms. The molecule has 0 saturated heterocycles. The number of hydrogen-bond acceptors (Lipinski definition) is 5. The lowest BCUT2D eigenvalue weighted by molar-refractivity contribution is -0.385. The van der Waals surface area contributed by atoms with Gasteiger partial charge in [0.2, 0.25) is 0 Å². The van der Waals surface area contributed by atoms with Gasteiger partial charge in [0.1, 0.15) is 0 Å². The molecule has 1 aromatic heterocycles. The van der Waals surface area contributed by atoms with Crippen molar-refractivity contribution in [3.8, 4) is 0 Å². The average molecular weight is 320 g/mol. The Balaban J connectivity index is 2.05. The summed E-state index contributed by atoms with van der Waals surface area (Å²) in [4.78, 5) is 28.3. The number of thiazole rings is 1. The van der Waals surface area contributed by atoms with Crippen LogP contribution in [-0.4, -0.2) is 27.9 Å². The van der Waals surface area contributed by atoms with Gasteiger partial charge in [0.25, 0.3) is 5.69 Å². The zero-order chi connectivity index (χ0) is 16.3. The van der Waals surface area contributed by atoms with Crippen molar-refractivity contribution in [3.63, 3.8) is 0 Å². The van der Waals surface area contributed by atoms with Crippen LogP contribution in [0.4, 0.5) is 16.2 Å². The number of nitro benzene ring substituents is 1. The third-order valence-electron chi connectivity index (χ3n) is 3.07. The van der Waals surface area contributed by atoms with Crippen LogP contribution in [0, 0.1) is 24.0 Å². The van der Waals surface area contributed by atoms with Crippen LogP contribution in [-0.2, 0) is 6.54 Å². The van der Waals surface area contributed by atoms with Crippen molar-refractivity contribution in [1.29, 1.82) is 0 Å². The monoisotopic (exact) mass is 320 g/mol. The third kappa shape index (κ3) is 3.79.